The van der Waals surface area contributed by atoms with Crippen LogP contribution in [0.5, 0.6) is 11.5 Å². The van der Waals surface area contributed by atoms with Gasteiger partial charge in [-0.1, -0.05) is 24.3 Å². The van der Waals surface area contributed by atoms with Gasteiger partial charge in [0, 0.05) is 0 Å². The van der Waals surface area contributed by atoms with Crippen molar-refractivity contribution in [2.45, 2.75) is 18.1 Å². The highest BCUT2D eigenvalue weighted by Gasteiger charge is 2.45. The minimum atomic E-state index is -1.22. The van der Waals surface area contributed by atoms with Crippen LogP contribution in [0.25, 0.3) is 0 Å². The molecule has 0 aliphatic carbocycles. The van der Waals surface area contributed by atoms with Gasteiger partial charge in [-0.2, -0.15) is 0 Å². The molecule has 2 aromatic carbocycles. The maximum atomic E-state index is 12.4. The predicted octanol–water partition coefficient (Wildman–Crippen LogP) is 0.251. The summed E-state index contributed by atoms with van der Waals surface area (Å²) in [6.45, 7) is 0.0186. The largest absolute Gasteiger partial charge is 0.508 e. The van der Waals surface area contributed by atoms with Crippen molar-refractivity contribution < 1.29 is 29.7 Å². The molecule has 28 heavy (non-hydrogen) atoms. The summed E-state index contributed by atoms with van der Waals surface area (Å²) < 4.78 is 0. The molecule has 1 fully saturated rings. The molecule has 6 N–H and O–H groups in total. The summed E-state index contributed by atoms with van der Waals surface area (Å²) in [6, 6.07) is 8.21. The monoisotopic (exact) mass is 385 g/mol. The number of aliphatic carboxylic acids is 1. The van der Waals surface area contributed by atoms with Crippen LogP contribution in [-0.4, -0.2) is 50.6 Å². The Labute approximate surface area is 160 Å². The number of likely N-dealkylation sites (tertiary alicyclic amines) is 1. The molecule has 0 bridgehead atoms. The molecule has 3 rings (SSSR count). The molecule has 0 spiro atoms. The normalized spacial score (nSPS) is 18.1. The number of benzene rings is 2. The Morgan fingerprint density at radius 2 is 1.50 bits per heavy atom. The van der Waals surface area contributed by atoms with E-state index in [4.69, 9.17) is 5.73 Å². The first kappa shape index (κ1) is 19.2. The number of nitrogens with two attached hydrogens (primary N) is 1. The van der Waals surface area contributed by atoms with Gasteiger partial charge < -0.3 is 31.3 Å². The number of hydrogen-bond donors (Lipinski definition) is 5. The lowest BCUT2D eigenvalue weighted by Gasteiger charge is -2.42. The van der Waals surface area contributed by atoms with E-state index in [0.717, 1.165) is 4.90 Å². The quantitative estimate of drug-likeness (QED) is 0.447. The SMILES string of the molecule is N[C@H](C(=O)N[C@H]1CN([C@H](C(=O)O)c2ccc(O)cc2)C1=O)c1ccc(O)cc1. The first-order valence-corrected chi connectivity index (χ1v) is 8.45. The van der Waals surface area contributed by atoms with E-state index in [1.54, 1.807) is 0 Å². The fourth-order valence-electron chi connectivity index (χ4n) is 3.00. The van der Waals surface area contributed by atoms with Crippen LogP contribution in [0.3, 0.4) is 0 Å². The number of β-lactam (4-membered cyclic amide) rings is 1. The molecule has 0 aromatic heterocycles. The van der Waals surface area contributed by atoms with Crippen molar-refractivity contribution in [3.8, 4) is 11.5 Å². The highest BCUT2D eigenvalue weighted by Crippen LogP contribution is 2.28. The van der Waals surface area contributed by atoms with Crippen LogP contribution in [0.2, 0.25) is 0 Å². The van der Waals surface area contributed by atoms with Gasteiger partial charge in [0.05, 0.1) is 6.54 Å². The van der Waals surface area contributed by atoms with E-state index in [1.807, 2.05) is 0 Å². The number of nitrogens with zero attached hydrogens (tertiary/aromatic N) is 1. The van der Waals surface area contributed by atoms with Crippen molar-refractivity contribution in [2.24, 2.45) is 5.73 Å². The Morgan fingerprint density at radius 3 is 1.96 bits per heavy atom. The first-order valence-electron chi connectivity index (χ1n) is 8.45. The van der Waals surface area contributed by atoms with Crippen LogP contribution in [0.1, 0.15) is 23.2 Å². The molecule has 2 amide bonds. The summed E-state index contributed by atoms with van der Waals surface area (Å²) >= 11 is 0. The maximum Gasteiger partial charge on any atom is 0.331 e. The van der Waals surface area contributed by atoms with Gasteiger partial charge in [-0.05, 0) is 35.4 Å². The van der Waals surface area contributed by atoms with Crippen LogP contribution in [-0.2, 0) is 14.4 Å². The molecule has 1 heterocycles. The van der Waals surface area contributed by atoms with Crippen molar-refractivity contribution in [2.75, 3.05) is 6.54 Å². The molecule has 1 saturated heterocycles. The molecular formula is C19H19N3O6. The second-order valence-corrected chi connectivity index (χ2v) is 6.45. The Kier molecular flexibility index (Phi) is 5.18. The highest BCUT2D eigenvalue weighted by molar-refractivity contribution is 5.96. The molecule has 9 heteroatoms. The zero-order valence-corrected chi connectivity index (χ0v) is 14.6. The minimum Gasteiger partial charge on any atom is -0.508 e. The van der Waals surface area contributed by atoms with E-state index in [0.29, 0.717) is 11.1 Å². The third-order valence-electron chi connectivity index (χ3n) is 4.57. The highest BCUT2D eigenvalue weighted by atomic mass is 16.4. The minimum absolute atomic E-state index is 0.0174. The lowest BCUT2D eigenvalue weighted by atomic mass is 9.97. The average molecular weight is 385 g/mol. The zero-order chi connectivity index (χ0) is 20.4. The number of phenols is 2. The fraction of sp³-hybridized carbons (Fsp3) is 0.211. The molecule has 2 aromatic rings. The molecule has 9 nitrogen and oxygen atoms in total. The van der Waals surface area contributed by atoms with Gasteiger partial charge in [0.1, 0.15) is 23.6 Å². The van der Waals surface area contributed by atoms with Crippen molar-refractivity contribution in [3.63, 3.8) is 0 Å². The van der Waals surface area contributed by atoms with E-state index in [9.17, 15) is 29.7 Å². The molecule has 3 atom stereocenters. The van der Waals surface area contributed by atoms with Gasteiger partial charge in [0.15, 0.2) is 6.04 Å². The van der Waals surface area contributed by atoms with Crippen molar-refractivity contribution in [1.29, 1.82) is 0 Å². The summed E-state index contributed by atoms with van der Waals surface area (Å²) in [7, 11) is 0. The van der Waals surface area contributed by atoms with E-state index in [2.05, 4.69) is 5.32 Å². The topological polar surface area (TPSA) is 153 Å². The summed E-state index contributed by atoms with van der Waals surface area (Å²) in [4.78, 5) is 37.5. The second kappa shape index (κ2) is 7.57. The third kappa shape index (κ3) is 3.74. The summed E-state index contributed by atoms with van der Waals surface area (Å²) in [5.74, 6) is -2.32. The molecule has 1 aliphatic rings. The van der Waals surface area contributed by atoms with Crippen molar-refractivity contribution in [3.05, 3.63) is 59.7 Å². The fourth-order valence-corrected chi connectivity index (χ4v) is 3.00. The van der Waals surface area contributed by atoms with Crippen LogP contribution < -0.4 is 11.1 Å². The van der Waals surface area contributed by atoms with Crippen LogP contribution in [0, 0.1) is 0 Å². The number of carboxylic acids is 1. The van der Waals surface area contributed by atoms with Gasteiger partial charge in [0.25, 0.3) is 0 Å². The summed E-state index contributed by atoms with van der Waals surface area (Å²) in [6.07, 6.45) is 0. The zero-order valence-electron chi connectivity index (χ0n) is 14.6. The molecule has 0 saturated carbocycles. The smallest absolute Gasteiger partial charge is 0.331 e. The Balaban J connectivity index is 1.65. The van der Waals surface area contributed by atoms with E-state index >= 15 is 0 Å². The molecule has 146 valence electrons. The van der Waals surface area contributed by atoms with Gasteiger partial charge in [-0.25, -0.2) is 4.79 Å². The Morgan fingerprint density at radius 1 is 1.00 bits per heavy atom. The average Bonchev–Trinajstić information content (AvgIpc) is 2.67. The van der Waals surface area contributed by atoms with Gasteiger partial charge in [-0.15, -0.1) is 0 Å². The maximum absolute atomic E-state index is 12.4. The van der Waals surface area contributed by atoms with Crippen LogP contribution in [0.15, 0.2) is 48.5 Å². The molecule has 0 unspecified atom stereocenters. The van der Waals surface area contributed by atoms with Gasteiger partial charge in [-0.3, -0.25) is 9.59 Å². The number of carbonyl (C=O) groups excluding carboxylic acids is 2. The number of amides is 2. The van der Waals surface area contributed by atoms with Gasteiger partial charge in [0.2, 0.25) is 11.8 Å². The number of hydrogen-bond acceptors (Lipinski definition) is 6. The number of carbonyl (C=O) groups is 3. The van der Waals surface area contributed by atoms with Gasteiger partial charge >= 0.3 is 5.97 Å². The van der Waals surface area contributed by atoms with Crippen molar-refractivity contribution >= 4 is 17.8 Å². The Bertz CT molecular complexity index is 897. The number of carboxylic acid groups (broad SMARTS) is 1. The number of rotatable bonds is 6. The number of aromatic hydroxyl groups is 2. The third-order valence-corrected chi connectivity index (χ3v) is 4.57. The standard InChI is InChI=1S/C19H19N3O6/c20-15(10-1-5-12(23)6-2-10)17(25)21-14-9-22(18(14)26)16(19(27)28)11-3-7-13(24)8-4-11/h1-8,14-16,23-24H,9,20H2,(H,21,25)(H,27,28)/t14-,15-,16-/m0/s1. The van der Waals surface area contributed by atoms with E-state index < -0.39 is 35.9 Å². The first-order chi connectivity index (χ1) is 13.3. The van der Waals surface area contributed by atoms with Crippen LogP contribution in [0.4, 0.5) is 0 Å². The van der Waals surface area contributed by atoms with Crippen molar-refractivity contribution in [1.82, 2.24) is 10.2 Å². The summed E-state index contributed by atoms with van der Waals surface area (Å²) in [5, 5.41) is 30.6. The second-order valence-electron chi connectivity index (χ2n) is 6.45. The molecule has 0 radical (unpaired) electrons. The lowest BCUT2D eigenvalue weighted by molar-refractivity contribution is -0.160. The van der Waals surface area contributed by atoms with Crippen LogP contribution >= 0.6 is 0 Å². The van der Waals surface area contributed by atoms with E-state index in [1.165, 1.54) is 48.5 Å². The number of nitrogens with one attached hydrogen (secondary N) is 1. The predicted molar refractivity (Wildman–Crippen MR) is 97.2 cm³/mol. The lowest BCUT2D eigenvalue weighted by Crippen LogP contribution is -2.66. The summed E-state index contributed by atoms with van der Waals surface area (Å²) in [5.41, 5.74) is 6.67. The van der Waals surface area contributed by atoms with E-state index in [-0.39, 0.29) is 18.0 Å². The molecular weight excluding hydrogens is 366 g/mol. The molecule has 1 aliphatic heterocycles. The Hall–Kier alpha value is -3.59. The number of phenolic OH excluding ortho intramolecular Hbond substituents is 2.